The van der Waals surface area contributed by atoms with Gasteiger partial charge in [0.15, 0.2) is 0 Å². The van der Waals surface area contributed by atoms with Gasteiger partial charge in [-0.05, 0) is 12.1 Å². The first-order valence-electron chi connectivity index (χ1n) is 5.24. The molecule has 0 spiro atoms. The molecule has 1 saturated heterocycles. The van der Waals surface area contributed by atoms with Crippen molar-refractivity contribution in [2.45, 2.75) is 6.04 Å². The number of anilines is 1. The molecule has 16 heavy (non-hydrogen) atoms. The largest absolute Gasteiger partial charge is 0.489 e. The molecule has 1 N–H and O–H groups in total. The number of halogens is 2. The average molecular weight is 261 g/mol. The number of hydrogen-bond acceptors (Lipinski definition) is 3. The van der Waals surface area contributed by atoms with Crippen LogP contribution < -0.4 is 15.0 Å². The summed E-state index contributed by atoms with van der Waals surface area (Å²) in [5.74, 6) is 0.917. The number of hydrogen-bond donors (Lipinski definition) is 1. The first-order valence-corrected chi connectivity index (χ1v) is 5.62. The lowest BCUT2D eigenvalue weighted by Gasteiger charge is -2.41. The maximum atomic E-state index is 5.94. The van der Waals surface area contributed by atoms with Crippen LogP contribution in [0.2, 0.25) is 5.02 Å². The minimum atomic E-state index is 0. The van der Waals surface area contributed by atoms with Gasteiger partial charge in [-0.15, -0.1) is 12.4 Å². The molecule has 0 aromatic heterocycles. The van der Waals surface area contributed by atoms with E-state index in [1.54, 1.807) is 0 Å². The van der Waals surface area contributed by atoms with Crippen molar-refractivity contribution in [1.82, 2.24) is 5.32 Å². The van der Waals surface area contributed by atoms with Crippen molar-refractivity contribution in [3.8, 4) is 5.75 Å². The van der Waals surface area contributed by atoms with Crippen LogP contribution in [0.1, 0.15) is 0 Å². The maximum Gasteiger partial charge on any atom is 0.144 e. The topological polar surface area (TPSA) is 24.5 Å². The number of piperazine rings is 1. The number of rotatable bonds is 0. The van der Waals surface area contributed by atoms with E-state index in [4.69, 9.17) is 16.3 Å². The summed E-state index contributed by atoms with van der Waals surface area (Å²) >= 11 is 5.94. The molecule has 2 aliphatic rings. The summed E-state index contributed by atoms with van der Waals surface area (Å²) in [6, 6.07) is 6.34. The third-order valence-corrected chi connectivity index (χ3v) is 3.25. The fourth-order valence-corrected chi connectivity index (χ4v) is 2.42. The number of benzene rings is 1. The highest BCUT2D eigenvalue weighted by molar-refractivity contribution is 6.30. The molecule has 1 aromatic carbocycles. The van der Waals surface area contributed by atoms with Crippen LogP contribution in [0, 0.1) is 0 Å². The highest BCUT2D eigenvalue weighted by Gasteiger charge is 2.29. The maximum absolute atomic E-state index is 5.94. The van der Waals surface area contributed by atoms with Crippen molar-refractivity contribution in [2.24, 2.45) is 0 Å². The second-order valence-corrected chi connectivity index (χ2v) is 4.41. The normalized spacial score (nSPS) is 22.6. The van der Waals surface area contributed by atoms with E-state index in [9.17, 15) is 0 Å². The van der Waals surface area contributed by atoms with Gasteiger partial charge in [0.25, 0.3) is 0 Å². The van der Waals surface area contributed by atoms with Crippen molar-refractivity contribution >= 4 is 29.7 Å². The lowest BCUT2D eigenvalue weighted by Crippen LogP contribution is -2.55. The van der Waals surface area contributed by atoms with Crippen molar-refractivity contribution < 1.29 is 4.74 Å². The Balaban J connectivity index is 0.000000963. The van der Waals surface area contributed by atoms with E-state index in [-0.39, 0.29) is 12.4 Å². The highest BCUT2D eigenvalue weighted by Crippen LogP contribution is 2.36. The van der Waals surface area contributed by atoms with E-state index >= 15 is 0 Å². The lowest BCUT2D eigenvalue weighted by atomic mass is 10.1. The molecular formula is C11H14Cl2N2O. The predicted molar refractivity (Wildman–Crippen MR) is 68.2 cm³/mol. The van der Waals surface area contributed by atoms with Crippen LogP contribution in [0.25, 0.3) is 0 Å². The SMILES string of the molecule is Cl.Clc1ccc2c(c1)OCC1CNCCN21. The van der Waals surface area contributed by atoms with Gasteiger partial charge in [-0.25, -0.2) is 0 Å². The number of ether oxygens (including phenoxy) is 1. The summed E-state index contributed by atoms with van der Waals surface area (Å²) < 4.78 is 5.71. The zero-order valence-corrected chi connectivity index (χ0v) is 10.4. The van der Waals surface area contributed by atoms with Gasteiger partial charge in [0, 0.05) is 30.7 Å². The van der Waals surface area contributed by atoms with Crippen LogP contribution in [0.15, 0.2) is 18.2 Å². The van der Waals surface area contributed by atoms with Crippen molar-refractivity contribution in [3.05, 3.63) is 23.2 Å². The smallest absolute Gasteiger partial charge is 0.144 e. The summed E-state index contributed by atoms with van der Waals surface area (Å²) in [5, 5.41) is 4.12. The van der Waals surface area contributed by atoms with Crippen LogP contribution in [-0.4, -0.2) is 32.3 Å². The Labute approximate surface area is 106 Å². The van der Waals surface area contributed by atoms with Crippen LogP contribution in [-0.2, 0) is 0 Å². The summed E-state index contributed by atoms with van der Waals surface area (Å²) in [6.07, 6.45) is 0. The van der Waals surface area contributed by atoms with Gasteiger partial charge < -0.3 is 15.0 Å². The van der Waals surface area contributed by atoms with Gasteiger partial charge in [-0.1, -0.05) is 11.6 Å². The molecule has 1 aromatic rings. The molecule has 0 radical (unpaired) electrons. The highest BCUT2D eigenvalue weighted by atomic mass is 35.5. The average Bonchev–Trinajstić information content (AvgIpc) is 2.28. The fourth-order valence-electron chi connectivity index (χ4n) is 2.25. The Hall–Kier alpha value is -0.640. The molecule has 0 saturated carbocycles. The zero-order chi connectivity index (χ0) is 10.3. The molecule has 2 aliphatic heterocycles. The first kappa shape index (κ1) is 11.8. The molecule has 1 unspecified atom stereocenters. The number of nitrogens with one attached hydrogen (secondary N) is 1. The summed E-state index contributed by atoms with van der Waals surface area (Å²) in [5.41, 5.74) is 1.18. The Bertz CT molecular complexity index is 386. The Morgan fingerprint density at radius 2 is 2.31 bits per heavy atom. The van der Waals surface area contributed by atoms with Gasteiger partial charge in [-0.2, -0.15) is 0 Å². The third kappa shape index (κ3) is 1.95. The van der Waals surface area contributed by atoms with Crippen LogP contribution in [0.4, 0.5) is 5.69 Å². The second-order valence-electron chi connectivity index (χ2n) is 3.97. The standard InChI is InChI=1S/C11H13ClN2O.ClH/c12-8-1-2-10-11(5-8)15-7-9-6-13-3-4-14(9)10;/h1-2,5,9,13H,3-4,6-7H2;1H. The lowest BCUT2D eigenvalue weighted by molar-refractivity contribution is 0.247. The molecule has 3 nitrogen and oxygen atoms in total. The quantitative estimate of drug-likeness (QED) is 0.772. The van der Waals surface area contributed by atoms with Crippen molar-refractivity contribution in [1.29, 1.82) is 0 Å². The van der Waals surface area contributed by atoms with Gasteiger partial charge in [0.05, 0.1) is 11.7 Å². The summed E-state index contributed by atoms with van der Waals surface area (Å²) in [4.78, 5) is 2.41. The van der Waals surface area contributed by atoms with Gasteiger partial charge >= 0.3 is 0 Å². The molecule has 3 rings (SSSR count). The zero-order valence-electron chi connectivity index (χ0n) is 8.78. The number of fused-ring (bicyclic) bond motifs is 3. The molecule has 2 heterocycles. The Morgan fingerprint density at radius 1 is 1.44 bits per heavy atom. The van der Waals surface area contributed by atoms with Gasteiger partial charge in [0.1, 0.15) is 12.4 Å². The van der Waals surface area contributed by atoms with E-state index in [2.05, 4.69) is 16.3 Å². The van der Waals surface area contributed by atoms with Gasteiger partial charge in [-0.3, -0.25) is 0 Å². The number of nitrogens with zero attached hydrogens (tertiary/aromatic N) is 1. The minimum absolute atomic E-state index is 0. The van der Waals surface area contributed by atoms with Crippen LogP contribution in [0.3, 0.4) is 0 Å². The fraction of sp³-hybridized carbons (Fsp3) is 0.455. The first-order chi connectivity index (χ1) is 7.34. The molecule has 0 aliphatic carbocycles. The van der Waals surface area contributed by atoms with E-state index in [1.165, 1.54) is 5.69 Å². The summed E-state index contributed by atoms with van der Waals surface area (Å²) in [6.45, 7) is 3.84. The van der Waals surface area contributed by atoms with E-state index in [0.29, 0.717) is 6.04 Å². The molecular weight excluding hydrogens is 247 g/mol. The molecule has 1 atom stereocenters. The van der Waals surface area contributed by atoms with Crippen LogP contribution >= 0.6 is 24.0 Å². The Kier molecular flexibility index (Phi) is 3.47. The van der Waals surface area contributed by atoms with E-state index < -0.39 is 0 Å². The monoisotopic (exact) mass is 260 g/mol. The molecule has 0 bridgehead atoms. The predicted octanol–water partition coefficient (Wildman–Crippen LogP) is 1.93. The van der Waals surface area contributed by atoms with Gasteiger partial charge in [0.2, 0.25) is 0 Å². The second kappa shape index (κ2) is 4.70. The Morgan fingerprint density at radius 3 is 3.19 bits per heavy atom. The molecule has 1 fully saturated rings. The molecule has 5 heteroatoms. The van der Waals surface area contributed by atoms with Crippen LogP contribution in [0.5, 0.6) is 5.75 Å². The van der Waals surface area contributed by atoms with Crippen molar-refractivity contribution in [3.63, 3.8) is 0 Å². The minimum Gasteiger partial charge on any atom is -0.489 e. The molecule has 0 amide bonds. The van der Waals surface area contributed by atoms with E-state index in [0.717, 1.165) is 37.0 Å². The molecule has 88 valence electrons. The third-order valence-electron chi connectivity index (χ3n) is 3.01. The van der Waals surface area contributed by atoms with E-state index in [1.807, 2.05) is 12.1 Å². The van der Waals surface area contributed by atoms with Crippen molar-refractivity contribution in [2.75, 3.05) is 31.1 Å². The summed E-state index contributed by atoms with van der Waals surface area (Å²) in [7, 11) is 0.